The third-order valence-electron chi connectivity index (χ3n) is 6.90. The van der Waals surface area contributed by atoms with Crippen molar-refractivity contribution in [3.8, 4) is 0 Å². The standard InChI is InChI=1S/C32H31ClFN3O/c1-22-7-11-24(12-8-22)17-27(21-38-20-26-15-16-29(34)28(33)18-26)37-31-6-4-3-5-30(31)36(32(37)35)19-25-13-9-23(2)10-14-25/h3-16,18,27,35H,17,19-21H2,1-2H3. The zero-order valence-electron chi connectivity index (χ0n) is 21.6. The van der Waals surface area contributed by atoms with Crippen LogP contribution in [0.1, 0.15) is 33.9 Å². The maximum atomic E-state index is 13.6. The van der Waals surface area contributed by atoms with Gasteiger partial charge in [-0.3, -0.25) is 5.41 Å². The van der Waals surface area contributed by atoms with Crippen LogP contribution in [0, 0.1) is 25.1 Å². The normalized spacial score (nSPS) is 12.2. The van der Waals surface area contributed by atoms with Crippen molar-refractivity contribution in [2.75, 3.05) is 6.61 Å². The second-order valence-corrected chi connectivity index (χ2v) is 10.3. The van der Waals surface area contributed by atoms with Gasteiger partial charge in [-0.05, 0) is 61.2 Å². The second kappa shape index (κ2) is 11.4. The van der Waals surface area contributed by atoms with Crippen molar-refractivity contribution < 1.29 is 9.13 Å². The Hall–Kier alpha value is -3.67. The highest BCUT2D eigenvalue weighted by molar-refractivity contribution is 6.30. The number of rotatable bonds is 9. The first-order valence-corrected chi connectivity index (χ1v) is 13.1. The Bertz CT molecular complexity index is 1600. The van der Waals surface area contributed by atoms with Crippen molar-refractivity contribution in [3.63, 3.8) is 0 Å². The first-order valence-electron chi connectivity index (χ1n) is 12.8. The van der Waals surface area contributed by atoms with Crippen molar-refractivity contribution in [1.82, 2.24) is 9.13 Å². The van der Waals surface area contributed by atoms with E-state index in [4.69, 9.17) is 16.3 Å². The van der Waals surface area contributed by atoms with E-state index in [0.717, 1.165) is 22.2 Å². The van der Waals surface area contributed by atoms with Gasteiger partial charge in [-0.25, -0.2) is 4.39 Å². The number of nitrogens with one attached hydrogen (secondary N) is 1. The number of imidazole rings is 1. The number of aromatic nitrogens is 2. The van der Waals surface area contributed by atoms with Gasteiger partial charge in [-0.2, -0.15) is 0 Å². The zero-order valence-corrected chi connectivity index (χ0v) is 22.4. The van der Waals surface area contributed by atoms with Crippen LogP contribution >= 0.6 is 11.6 Å². The Kier molecular flexibility index (Phi) is 7.77. The maximum absolute atomic E-state index is 13.6. The van der Waals surface area contributed by atoms with Gasteiger partial charge in [-0.15, -0.1) is 0 Å². The van der Waals surface area contributed by atoms with Crippen molar-refractivity contribution >= 4 is 22.6 Å². The Morgan fingerprint density at radius 2 is 1.42 bits per heavy atom. The van der Waals surface area contributed by atoms with E-state index in [1.807, 2.05) is 12.1 Å². The fourth-order valence-electron chi connectivity index (χ4n) is 4.82. The summed E-state index contributed by atoms with van der Waals surface area (Å²) < 4.78 is 23.9. The zero-order chi connectivity index (χ0) is 26.6. The number of halogens is 2. The molecule has 38 heavy (non-hydrogen) atoms. The summed E-state index contributed by atoms with van der Waals surface area (Å²) in [6.07, 6.45) is 0.708. The van der Waals surface area contributed by atoms with Gasteiger partial charge in [0.25, 0.3) is 0 Å². The fraction of sp³-hybridized carbons (Fsp3) is 0.219. The third-order valence-corrected chi connectivity index (χ3v) is 7.19. The number of hydrogen-bond acceptors (Lipinski definition) is 2. The predicted molar refractivity (Wildman–Crippen MR) is 151 cm³/mol. The van der Waals surface area contributed by atoms with Gasteiger partial charge in [0.15, 0.2) is 0 Å². The molecule has 5 rings (SSSR count). The first kappa shape index (κ1) is 26.0. The molecular formula is C32H31ClFN3O. The molecule has 0 amide bonds. The molecule has 1 atom stereocenters. The smallest absolute Gasteiger partial charge is 0.203 e. The van der Waals surface area contributed by atoms with Crippen LogP contribution in [-0.4, -0.2) is 15.7 Å². The average molecular weight is 528 g/mol. The number of aryl methyl sites for hydroxylation is 2. The molecule has 0 saturated heterocycles. The van der Waals surface area contributed by atoms with Crippen LogP contribution in [-0.2, 0) is 24.3 Å². The van der Waals surface area contributed by atoms with Crippen molar-refractivity contribution in [3.05, 3.63) is 135 Å². The highest BCUT2D eigenvalue weighted by Gasteiger charge is 2.20. The molecule has 1 unspecified atom stereocenters. The minimum Gasteiger partial charge on any atom is -0.375 e. The van der Waals surface area contributed by atoms with Gasteiger partial charge in [0, 0.05) is 0 Å². The molecule has 0 aliphatic heterocycles. The van der Waals surface area contributed by atoms with E-state index in [-0.39, 0.29) is 11.1 Å². The van der Waals surface area contributed by atoms with Gasteiger partial charge in [-0.1, -0.05) is 89.5 Å². The molecule has 0 fully saturated rings. The van der Waals surface area contributed by atoms with Crippen LogP contribution in [0.25, 0.3) is 11.0 Å². The molecule has 0 aliphatic rings. The topological polar surface area (TPSA) is 42.9 Å². The van der Waals surface area contributed by atoms with Gasteiger partial charge in [0.05, 0.1) is 41.9 Å². The molecule has 5 aromatic rings. The Balaban J connectivity index is 1.50. The van der Waals surface area contributed by atoms with Crippen LogP contribution < -0.4 is 5.62 Å². The second-order valence-electron chi connectivity index (χ2n) is 9.86. The Labute approximate surface area is 227 Å². The van der Waals surface area contributed by atoms with Gasteiger partial charge in [0.1, 0.15) is 5.82 Å². The summed E-state index contributed by atoms with van der Waals surface area (Å²) in [5.74, 6) is -0.441. The summed E-state index contributed by atoms with van der Waals surface area (Å²) in [7, 11) is 0. The lowest BCUT2D eigenvalue weighted by molar-refractivity contribution is 0.0893. The molecule has 0 spiro atoms. The number of nitrogens with zero attached hydrogens (tertiary/aromatic N) is 2. The number of hydrogen-bond donors (Lipinski definition) is 1. The summed E-state index contributed by atoms with van der Waals surface area (Å²) in [5.41, 5.74) is 7.99. The van der Waals surface area contributed by atoms with Crippen LogP contribution in [0.4, 0.5) is 4.39 Å². The molecule has 194 valence electrons. The quantitative estimate of drug-likeness (QED) is 0.213. The molecule has 1 heterocycles. The molecule has 0 radical (unpaired) electrons. The predicted octanol–water partition coefficient (Wildman–Crippen LogP) is 7.38. The molecule has 0 saturated carbocycles. The van der Waals surface area contributed by atoms with Gasteiger partial charge >= 0.3 is 0 Å². The summed E-state index contributed by atoms with van der Waals surface area (Å²) in [5, 5.41) is 9.35. The van der Waals surface area contributed by atoms with E-state index >= 15 is 0 Å². The molecule has 0 aliphatic carbocycles. The van der Waals surface area contributed by atoms with Crippen LogP contribution in [0.5, 0.6) is 0 Å². The number of benzene rings is 4. The van der Waals surface area contributed by atoms with Crippen molar-refractivity contribution in [2.24, 2.45) is 0 Å². The summed E-state index contributed by atoms with van der Waals surface area (Å²) >= 11 is 5.97. The van der Waals surface area contributed by atoms with E-state index in [1.54, 1.807) is 12.1 Å². The van der Waals surface area contributed by atoms with E-state index in [9.17, 15) is 9.80 Å². The Morgan fingerprint density at radius 3 is 2.08 bits per heavy atom. The van der Waals surface area contributed by atoms with E-state index in [1.165, 1.54) is 22.8 Å². The Morgan fingerprint density at radius 1 is 0.816 bits per heavy atom. The molecule has 4 aromatic carbocycles. The number of fused-ring (bicyclic) bond motifs is 1. The summed E-state index contributed by atoms with van der Waals surface area (Å²) in [6.45, 7) is 5.46. The molecule has 4 nitrogen and oxygen atoms in total. The first-order chi connectivity index (χ1) is 18.4. The highest BCUT2D eigenvalue weighted by atomic mass is 35.5. The molecule has 6 heteroatoms. The number of ether oxygens (including phenoxy) is 1. The largest absolute Gasteiger partial charge is 0.375 e. The van der Waals surface area contributed by atoms with E-state index in [2.05, 4.69) is 83.6 Å². The van der Waals surface area contributed by atoms with Gasteiger partial charge < -0.3 is 13.9 Å². The minimum absolute atomic E-state index is 0.0873. The average Bonchev–Trinajstić information content (AvgIpc) is 3.19. The third kappa shape index (κ3) is 5.74. The van der Waals surface area contributed by atoms with Crippen LogP contribution in [0.3, 0.4) is 0 Å². The fourth-order valence-corrected chi connectivity index (χ4v) is 5.03. The molecule has 1 aromatic heterocycles. The van der Waals surface area contributed by atoms with E-state index in [0.29, 0.717) is 31.8 Å². The lowest BCUT2D eigenvalue weighted by Gasteiger charge is -2.20. The summed E-state index contributed by atoms with van der Waals surface area (Å²) in [6, 6.07) is 29.6. The van der Waals surface area contributed by atoms with Crippen molar-refractivity contribution in [1.29, 1.82) is 5.41 Å². The van der Waals surface area contributed by atoms with Crippen LogP contribution in [0.2, 0.25) is 5.02 Å². The van der Waals surface area contributed by atoms with Crippen molar-refractivity contribution in [2.45, 2.75) is 39.5 Å². The summed E-state index contributed by atoms with van der Waals surface area (Å²) in [4.78, 5) is 0. The highest BCUT2D eigenvalue weighted by Crippen LogP contribution is 2.23. The van der Waals surface area contributed by atoms with Gasteiger partial charge in [0.2, 0.25) is 5.62 Å². The number of para-hydroxylation sites is 2. The minimum atomic E-state index is -0.441. The molecular weight excluding hydrogens is 497 g/mol. The monoisotopic (exact) mass is 527 g/mol. The molecule has 0 bridgehead atoms. The maximum Gasteiger partial charge on any atom is 0.203 e. The SMILES string of the molecule is Cc1ccc(CC(COCc2ccc(F)c(Cl)c2)n2c(=N)n(Cc3ccc(C)cc3)c3ccccc32)cc1. The molecule has 1 N–H and O–H groups in total. The van der Waals surface area contributed by atoms with Crippen LogP contribution in [0.15, 0.2) is 91.0 Å². The van der Waals surface area contributed by atoms with E-state index < -0.39 is 5.82 Å². The lowest BCUT2D eigenvalue weighted by Crippen LogP contribution is -2.31. The lowest BCUT2D eigenvalue weighted by atomic mass is 10.0.